The smallest absolute Gasteiger partial charge is 0.224 e. The number of fused-ring (bicyclic) bond motifs is 1. The first-order chi connectivity index (χ1) is 7.42. The molecule has 0 aromatic heterocycles. The number of anilines is 1. The van der Waals surface area contributed by atoms with E-state index in [-0.39, 0.29) is 11.4 Å². The molecule has 0 saturated carbocycles. The van der Waals surface area contributed by atoms with Gasteiger partial charge in [0.05, 0.1) is 11.2 Å². The van der Waals surface area contributed by atoms with Crippen LogP contribution in [-0.2, 0) is 4.79 Å². The van der Waals surface area contributed by atoms with Crippen LogP contribution in [0.25, 0.3) is 6.08 Å². The molecule has 0 bridgehead atoms. The minimum Gasteiger partial charge on any atom is -0.303 e. The van der Waals surface area contributed by atoms with E-state index in [1.165, 1.54) is 0 Å². The molecule has 1 aromatic rings. The van der Waals surface area contributed by atoms with Crippen LogP contribution in [0, 0.1) is 0 Å². The predicted octanol–water partition coefficient (Wildman–Crippen LogP) is 3.61. The van der Waals surface area contributed by atoms with E-state index in [9.17, 15) is 4.79 Å². The van der Waals surface area contributed by atoms with Crippen LogP contribution in [0.4, 0.5) is 5.69 Å². The number of hydrogen-bond acceptors (Lipinski definition) is 1. The molecular weight excluding hydrogens is 266 g/mol. The summed E-state index contributed by atoms with van der Waals surface area (Å²) in [5.41, 5.74) is 1.79. The Hall–Kier alpha value is -1.09. The second-order valence-corrected chi connectivity index (χ2v) is 5.46. The van der Waals surface area contributed by atoms with Crippen molar-refractivity contribution in [2.75, 3.05) is 4.90 Å². The van der Waals surface area contributed by atoms with E-state index >= 15 is 0 Å². The van der Waals surface area contributed by atoms with Crippen molar-refractivity contribution in [1.82, 2.24) is 0 Å². The maximum atomic E-state index is 11.7. The molecule has 0 atom stereocenters. The van der Waals surface area contributed by atoms with Crippen LogP contribution in [-0.4, -0.2) is 11.4 Å². The highest BCUT2D eigenvalue weighted by molar-refractivity contribution is 9.10. The molecule has 1 heterocycles. The Labute approximate surface area is 104 Å². The highest BCUT2D eigenvalue weighted by Gasteiger charge is 2.31. The largest absolute Gasteiger partial charge is 0.303 e. The molecular formula is C13H14BrNO. The molecule has 0 spiro atoms. The standard InChI is InChI=1S/C13H14BrNO/c1-9(16)15-12-5-4-11(14)8-10(12)6-7-13(15,2)3/h4-8H,1-3H3. The first-order valence-electron chi connectivity index (χ1n) is 5.21. The Morgan fingerprint density at radius 2 is 2.06 bits per heavy atom. The second kappa shape index (κ2) is 3.74. The average Bonchev–Trinajstić information content (AvgIpc) is 2.16. The quantitative estimate of drug-likeness (QED) is 0.711. The van der Waals surface area contributed by atoms with E-state index in [1.54, 1.807) is 6.92 Å². The van der Waals surface area contributed by atoms with Gasteiger partial charge in [0, 0.05) is 11.4 Å². The fraction of sp³-hybridized carbons (Fsp3) is 0.308. The zero-order valence-corrected chi connectivity index (χ0v) is 11.2. The topological polar surface area (TPSA) is 20.3 Å². The SMILES string of the molecule is CC(=O)N1c2ccc(Br)cc2C=CC1(C)C. The molecule has 0 aliphatic carbocycles. The molecule has 1 amide bonds. The predicted molar refractivity (Wildman–Crippen MR) is 70.4 cm³/mol. The molecule has 0 saturated heterocycles. The Balaban J connectivity index is 2.61. The van der Waals surface area contributed by atoms with E-state index in [0.717, 1.165) is 15.7 Å². The lowest BCUT2D eigenvalue weighted by Crippen LogP contribution is -2.47. The van der Waals surface area contributed by atoms with Gasteiger partial charge in [0.15, 0.2) is 0 Å². The van der Waals surface area contributed by atoms with Crippen molar-refractivity contribution >= 4 is 33.6 Å². The number of halogens is 1. The van der Waals surface area contributed by atoms with Crippen LogP contribution < -0.4 is 4.90 Å². The van der Waals surface area contributed by atoms with E-state index in [0.29, 0.717) is 0 Å². The second-order valence-electron chi connectivity index (χ2n) is 4.54. The molecule has 16 heavy (non-hydrogen) atoms. The van der Waals surface area contributed by atoms with Crippen LogP contribution >= 0.6 is 15.9 Å². The summed E-state index contributed by atoms with van der Waals surface area (Å²) in [7, 11) is 0. The first-order valence-corrected chi connectivity index (χ1v) is 6.01. The number of benzene rings is 1. The lowest BCUT2D eigenvalue weighted by Gasteiger charge is -2.39. The lowest BCUT2D eigenvalue weighted by atomic mass is 9.93. The van der Waals surface area contributed by atoms with Crippen molar-refractivity contribution in [2.45, 2.75) is 26.3 Å². The number of carbonyl (C=O) groups excluding carboxylic acids is 1. The summed E-state index contributed by atoms with van der Waals surface area (Å²) >= 11 is 3.44. The zero-order chi connectivity index (χ0) is 11.9. The Kier molecular flexibility index (Phi) is 2.66. The van der Waals surface area contributed by atoms with Gasteiger partial charge in [-0.05, 0) is 37.6 Å². The van der Waals surface area contributed by atoms with E-state index in [2.05, 4.69) is 28.1 Å². The van der Waals surface area contributed by atoms with Crippen molar-refractivity contribution in [3.05, 3.63) is 34.3 Å². The Bertz CT molecular complexity index is 477. The molecule has 1 aliphatic rings. The van der Waals surface area contributed by atoms with Crippen molar-refractivity contribution < 1.29 is 4.79 Å². The summed E-state index contributed by atoms with van der Waals surface area (Å²) in [4.78, 5) is 13.6. The number of hydrogen-bond donors (Lipinski definition) is 0. The van der Waals surface area contributed by atoms with Crippen LogP contribution in [0.1, 0.15) is 26.3 Å². The zero-order valence-electron chi connectivity index (χ0n) is 9.62. The third-order valence-electron chi connectivity index (χ3n) is 2.79. The van der Waals surface area contributed by atoms with E-state index in [4.69, 9.17) is 0 Å². The van der Waals surface area contributed by atoms with Gasteiger partial charge in [-0.1, -0.05) is 28.1 Å². The van der Waals surface area contributed by atoms with Gasteiger partial charge in [-0.2, -0.15) is 0 Å². The highest BCUT2D eigenvalue weighted by Crippen LogP contribution is 2.35. The maximum Gasteiger partial charge on any atom is 0.224 e. The normalized spacial score (nSPS) is 17.1. The van der Waals surface area contributed by atoms with Gasteiger partial charge in [0.25, 0.3) is 0 Å². The first kappa shape index (κ1) is 11.4. The minimum absolute atomic E-state index is 0.0675. The summed E-state index contributed by atoms with van der Waals surface area (Å²) in [6.45, 7) is 5.68. The molecule has 1 aliphatic heterocycles. The van der Waals surface area contributed by atoms with Gasteiger partial charge in [-0.25, -0.2) is 0 Å². The minimum atomic E-state index is -0.257. The molecule has 0 fully saturated rings. The van der Waals surface area contributed by atoms with Gasteiger partial charge in [0.2, 0.25) is 5.91 Å². The van der Waals surface area contributed by atoms with Crippen LogP contribution in [0.5, 0.6) is 0 Å². The van der Waals surface area contributed by atoms with Gasteiger partial charge in [-0.3, -0.25) is 4.79 Å². The molecule has 0 unspecified atom stereocenters. The van der Waals surface area contributed by atoms with Crippen LogP contribution in [0.15, 0.2) is 28.7 Å². The third kappa shape index (κ3) is 1.80. The number of nitrogens with zero attached hydrogens (tertiary/aromatic N) is 1. The molecule has 84 valence electrons. The molecule has 3 heteroatoms. The maximum absolute atomic E-state index is 11.7. The Morgan fingerprint density at radius 1 is 1.38 bits per heavy atom. The number of carbonyl (C=O) groups is 1. The van der Waals surface area contributed by atoms with Gasteiger partial charge >= 0.3 is 0 Å². The summed E-state index contributed by atoms with van der Waals surface area (Å²) in [5, 5.41) is 0. The summed E-state index contributed by atoms with van der Waals surface area (Å²) < 4.78 is 1.03. The van der Waals surface area contributed by atoms with E-state index < -0.39 is 0 Å². The summed E-state index contributed by atoms with van der Waals surface area (Å²) in [5.74, 6) is 0.0675. The fourth-order valence-corrected chi connectivity index (χ4v) is 2.50. The van der Waals surface area contributed by atoms with Crippen LogP contribution in [0.3, 0.4) is 0 Å². The van der Waals surface area contributed by atoms with Gasteiger partial charge < -0.3 is 4.90 Å². The number of rotatable bonds is 0. The van der Waals surface area contributed by atoms with Crippen molar-refractivity contribution in [3.63, 3.8) is 0 Å². The molecule has 0 radical (unpaired) electrons. The summed E-state index contributed by atoms with van der Waals surface area (Å²) in [6.07, 6.45) is 4.13. The average molecular weight is 280 g/mol. The fourth-order valence-electron chi connectivity index (χ4n) is 2.12. The van der Waals surface area contributed by atoms with Crippen molar-refractivity contribution in [3.8, 4) is 0 Å². The van der Waals surface area contributed by atoms with E-state index in [1.807, 2.05) is 36.9 Å². The highest BCUT2D eigenvalue weighted by atomic mass is 79.9. The lowest BCUT2D eigenvalue weighted by molar-refractivity contribution is -0.117. The molecule has 2 rings (SSSR count). The molecule has 0 N–H and O–H groups in total. The number of amides is 1. The summed E-state index contributed by atoms with van der Waals surface area (Å²) in [6, 6.07) is 5.97. The van der Waals surface area contributed by atoms with Crippen LogP contribution in [0.2, 0.25) is 0 Å². The third-order valence-corrected chi connectivity index (χ3v) is 3.29. The molecule has 1 aromatic carbocycles. The Morgan fingerprint density at radius 3 is 2.69 bits per heavy atom. The van der Waals surface area contributed by atoms with Gasteiger partial charge in [0.1, 0.15) is 0 Å². The van der Waals surface area contributed by atoms with Gasteiger partial charge in [-0.15, -0.1) is 0 Å². The molecule has 2 nitrogen and oxygen atoms in total. The van der Waals surface area contributed by atoms with Crippen molar-refractivity contribution in [1.29, 1.82) is 0 Å². The monoisotopic (exact) mass is 279 g/mol. The van der Waals surface area contributed by atoms with Crippen molar-refractivity contribution in [2.24, 2.45) is 0 Å².